The third kappa shape index (κ3) is 2.74. The van der Waals surface area contributed by atoms with Gasteiger partial charge in [-0.25, -0.2) is 0 Å². The number of hydrogen-bond donors (Lipinski definition) is 0. The minimum Gasteiger partial charge on any atom is -0.489 e. The van der Waals surface area contributed by atoms with Gasteiger partial charge in [0.1, 0.15) is 18.1 Å². The van der Waals surface area contributed by atoms with Crippen molar-refractivity contribution in [2.24, 2.45) is 0 Å². The highest BCUT2D eigenvalue weighted by atomic mass is 16.5. The zero-order valence-electron chi connectivity index (χ0n) is 15.6. The Labute approximate surface area is 163 Å². The normalized spacial score (nSPS) is 13.2. The van der Waals surface area contributed by atoms with E-state index in [4.69, 9.17) is 4.74 Å². The third-order valence-electron chi connectivity index (χ3n) is 5.23. The molecule has 0 saturated carbocycles. The van der Waals surface area contributed by atoms with Crippen molar-refractivity contribution in [1.29, 1.82) is 0 Å². The third-order valence-corrected chi connectivity index (χ3v) is 5.23. The molecule has 1 aromatic heterocycles. The van der Waals surface area contributed by atoms with E-state index in [1.165, 1.54) is 0 Å². The summed E-state index contributed by atoms with van der Waals surface area (Å²) in [5.74, 6) is 0.824. The molecule has 0 aliphatic carbocycles. The van der Waals surface area contributed by atoms with Gasteiger partial charge >= 0.3 is 0 Å². The van der Waals surface area contributed by atoms with Crippen LogP contribution in [0.25, 0.3) is 16.6 Å². The molecule has 0 N–H and O–H groups in total. The summed E-state index contributed by atoms with van der Waals surface area (Å²) in [5, 5.41) is 0.999. The number of aromatic nitrogens is 1. The summed E-state index contributed by atoms with van der Waals surface area (Å²) in [6, 6.07) is 26.3. The molecule has 0 radical (unpaired) electrons. The first-order valence-electron chi connectivity index (χ1n) is 9.37. The zero-order chi connectivity index (χ0) is 19.1. The van der Waals surface area contributed by atoms with Gasteiger partial charge in [-0.05, 0) is 41.5 Å². The van der Waals surface area contributed by atoms with Crippen molar-refractivity contribution >= 4 is 16.8 Å². The molecule has 0 unspecified atom stereocenters. The lowest BCUT2D eigenvalue weighted by atomic mass is 10.1. The van der Waals surface area contributed by atoms with Gasteiger partial charge in [0, 0.05) is 19.0 Å². The van der Waals surface area contributed by atoms with Crippen LogP contribution in [0.4, 0.5) is 0 Å². The topological polar surface area (TPSA) is 34.5 Å². The Morgan fingerprint density at radius 2 is 1.71 bits per heavy atom. The van der Waals surface area contributed by atoms with Crippen LogP contribution in [-0.4, -0.2) is 22.4 Å². The van der Waals surface area contributed by atoms with Crippen LogP contribution in [0, 0.1) is 0 Å². The molecule has 0 saturated heterocycles. The van der Waals surface area contributed by atoms with Crippen molar-refractivity contribution in [3.05, 3.63) is 95.7 Å². The summed E-state index contributed by atoms with van der Waals surface area (Å²) in [5.41, 5.74) is 5.02. The van der Waals surface area contributed by atoms with E-state index >= 15 is 0 Å². The highest BCUT2D eigenvalue weighted by Gasteiger charge is 2.25. The van der Waals surface area contributed by atoms with Crippen molar-refractivity contribution in [3.63, 3.8) is 0 Å². The second kappa shape index (κ2) is 6.57. The van der Waals surface area contributed by atoms with Crippen molar-refractivity contribution in [3.8, 4) is 11.4 Å². The molecule has 0 atom stereocenters. The minimum absolute atomic E-state index is 0.0270. The average molecular weight is 368 g/mol. The highest BCUT2D eigenvalue weighted by Crippen LogP contribution is 2.32. The van der Waals surface area contributed by atoms with Gasteiger partial charge in [-0.3, -0.25) is 4.79 Å². The van der Waals surface area contributed by atoms with Crippen LogP contribution in [0.2, 0.25) is 0 Å². The van der Waals surface area contributed by atoms with Crippen molar-refractivity contribution in [1.82, 2.24) is 9.47 Å². The first-order valence-corrected chi connectivity index (χ1v) is 9.37. The van der Waals surface area contributed by atoms with E-state index in [0.29, 0.717) is 18.8 Å². The summed E-state index contributed by atoms with van der Waals surface area (Å²) >= 11 is 0. The van der Waals surface area contributed by atoms with E-state index in [2.05, 4.69) is 16.7 Å². The first-order chi connectivity index (χ1) is 13.7. The monoisotopic (exact) mass is 368 g/mol. The lowest BCUT2D eigenvalue weighted by Gasteiger charge is -2.13. The molecule has 0 bridgehead atoms. The number of carbonyl (C=O) groups is 1. The van der Waals surface area contributed by atoms with E-state index in [0.717, 1.165) is 33.5 Å². The SMILES string of the molecule is CN1Cc2ccccc2-n2c(cc3cc(OCc4ccccc4)ccc32)C1=O. The van der Waals surface area contributed by atoms with Crippen LogP contribution in [0.5, 0.6) is 5.75 Å². The fraction of sp³-hybridized carbons (Fsp3) is 0.125. The van der Waals surface area contributed by atoms with Gasteiger partial charge in [0.05, 0.1) is 11.2 Å². The Hall–Kier alpha value is -3.53. The Balaban J connectivity index is 1.58. The number of carbonyl (C=O) groups excluding carboxylic acids is 1. The molecule has 28 heavy (non-hydrogen) atoms. The Bertz CT molecular complexity index is 1180. The Morgan fingerprint density at radius 1 is 0.929 bits per heavy atom. The molecular weight excluding hydrogens is 348 g/mol. The Morgan fingerprint density at radius 3 is 2.57 bits per heavy atom. The second-order valence-electron chi connectivity index (χ2n) is 7.15. The maximum atomic E-state index is 12.9. The standard InChI is InChI=1S/C24H20N2O2/c1-25-15-18-9-5-6-10-21(18)26-22-12-11-20(13-19(22)14-23(26)24(25)27)28-16-17-7-3-2-4-8-17/h2-14H,15-16H2,1H3. The fourth-order valence-corrected chi connectivity index (χ4v) is 3.83. The number of fused-ring (bicyclic) bond motifs is 5. The van der Waals surface area contributed by atoms with E-state index in [1.807, 2.05) is 73.8 Å². The van der Waals surface area contributed by atoms with Gasteiger partial charge < -0.3 is 14.2 Å². The van der Waals surface area contributed by atoms with Gasteiger partial charge in [-0.2, -0.15) is 0 Å². The number of rotatable bonds is 3. The van der Waals surface area contributed by atoms with E-state index in [1.54, 1.807) is 4.90 Å². The first kappa shape index (κ1) is 16.6. The van der Waals surface area contributed by atoms with Gasteiger partial charge in [-0.15, -0.1) is 0 Å². The highest BCUT2D eigenvalue weighted by molar-refractivity contribution is 6.01. The zero-order valence-corrected chi connectivity index (χ0v) is 15.6. The van der Waals surface area contributed by atoms with Crippen molar-refractivity contribution < 1.29 is 9.53 Å². The molecule has 0 spiro atoms. The molecule has 4 aromatic rings. The average Bonchev–Trinajstić information content (AvgIpc) is 3.07. The molecule has 1 amide bonds. The molecule has 1 aliphatic heterocycles. The van der Waals surface area contributed by atoms with Crippen molar-refractivity contribution in [2.45, 2.75) is 13.2 Å². The summed E-state index contributed by atoms with van der Waals surface area (Å²) < 4.78 is 8.04. The molecule has 4 heteroatoms. The summed E-state index contributed by atoms with van der Waals surface area (Å²) in [6.07, 6.45) is 0. The molecule has 1 aliphatic rings. The number of para-hydroxylation sites is 1. The van der Waals surface area contributed by atoms with E-state index in [-0.39, 0.29) is 5.91 Å². The largest absolute Gasteiger partial charge is 0.489 e. The minimum atomic E-state index is 0.0270. The van der Waals surface area contributed by atoms with Crippen LogP contribution < -0.4 is 4.74 Å². The predicted molar refractivity (Wildman–Crippen MR) is 110 cm³/mol. The molecule has 138 valence electrons. The number of nitrogens with zero attached hydrogens (tertiary/aromatic N) is 2. The molecule has 4 nitrogen and oxygen atoms in total. The maximum absolute atomic E-state index is 12.9. The van der Waals surface area contributed by atoms with E-state index in [9.17, 15) is 4.79 Å². The molecule has 2 heterocycles. The number of ether oxygens (including phenoxy) is 1. The van der Waals surface area contributed by atoms with Gasteiger partial charge in [0.2, 0.25) is 0 Å². The predicted octanol–water partition coefficient (Wildman–Crippen LogP) is 4.80. The van der Waals surface area contributed by atoms with Crippen LogP contribution in [-0.2, 0) is 13.2 Å². The van der Waals surface area contributed by atoms with Gasteiger partial charge in [0.25, 0.3) is 5.91 Å². The van der Waals surface area contributed by atoms with Crippen LogP contribution in [0.15, 0.2) is 78.9 Å². The fourth-order valence-electron chi connectivity index (χ4n) is 3.83. The van der Waals surface area contributed by atoms with E-state index < -0.39 is 0 Å². The molecule has 3 aromatic carbocycles. The van der Waals surface area contributed by atoms with Crippen LogP contribution in [0.1, 0.15) is 21.6 Å². The maximum Gasteiger partial charge on any atom is 0.270 e. The second-order valence-corrected chi connectivity index (χ2v) is 7.15. The summed E-state index contributed by atoms with van der Waals surface area (Å²) in [6.45, 7) is 1.13. The van der Waals surface area contributed by atoms with Crippen LogP contribution >= 0.6 is 0 Å². The summed E-state index contributed by atoms with van der Waals surface area (Å²) in [4.78, 5) is 14.7. The van der Waals surface area contributed by atoms with Crippen molar-refractivity contribution in [2.75, 3.05) is 7.05 Å². The van der Waals surface area contributed by atoms with Gasteiger partial charge in [-0.1, -0.05) is 48.5 Å². The number of amides is 1. The molecular formula is C24H20N2O2. The number of hydrogen-bond acceptors (Lipinski definition) is 2. The lowest BCUT2D eigenvalue weighted by molar-refractivity contribution is 0.0782. The number of benzene rings is 3. The Kier molecular flexibility index (Phi) is 3.90. The molecule has 0 fully saturated rings. The smallest absolute Gasteiger partial charge is 0.270 e. The quantitative estimate of drug-likeness (QED) is 0.521. The van der Waals surface area contributed by atoms with Crippen LogP contribution in [0.3, 0.4) is 0 Å². The lowest BCUT2D eigenvalue weighted by Crippen LogP contribution is -2.25. The summed E-state index contributed by atoms with van der Waals surface area (Å²) in [7, 11) is 1.85. The molecule has 5 rings (SSSR count). The van der Waals surface area contributed by atoms with Gasteiger partial charge in [0.15, 0.2) is 0 Å².